The SMILES string of the molecule is N#Cc1cc2cc(CCl)sc2cc1Cl. The highest BCUT2D eigenvalue weighted by molar-refractivity contribution is 7.19. The highest BCUT2D eigenvalue weighted by Gasteiger charge is 2.05. The second kappa shape index (κ2) is 3.78. The van der Waals surface area contributed by atoms with Gasteiger partial charge in [-0.25, -0.2) is 0 Å². The quantitative estimate of drug-likeness (QED) is 0.688. The molecule has 0 N–H and O–H groups in total. The summed E-state index contributed by atoms with van der Waals surface area (Å²) < 4.78 is 1.07. The molecule has 1 aromatic heterocycles. The van der Waals surface area contributed by atoms with Crippen molar-refractivity contribution in [3.63, 3.8) is 0 Å². The Labute approximate surface area is 95.5 Å². The molecule has 1 nitrogen and oxygen atoms in total. The zero-order valence-corrected chi connectivity index (χ0v) is 9.38. The van der Waals surface area contributed by atoms with E-state index in [0.29, 0.717) is 16.5 Å². The number of hydrogen-bond acceptors (Lipinski definition) is 2. The summed E-state index contributed by atoms with van der Waals surface area (Å²) in [4.78, 5) is 1.09. The van der Waals surface area contributed by atoms with Crippen LogP contribution in [0, 0.1) is 11.3 Å². The molecule has 0 saturated carbocycles. The first-order valence-electron chi connectivity index (χ1n) is 3.92. The molecule has 1 heterocycles. The molecule has 2 rings (SSSR count). The predicted octanol–water partition coefficient (Wildman–Crippen LogP) is 4.17. The summed E-state index contributed by atoms with van der Waals surface area (Å²) in [6, 6.07) is 7.66. The van der Waals surface area contributed by atoms with Crippen LogP contribution in [-0.4, -0.2) is 0 Å². The summed E-state index contributed by atoms with van der Waals surface area (Å²) in [5.41, 5.74) is 0.512. The molecule has 0 spiro atoms. The van der Waals surface area contributed by atoms with E-state index in [1.165, 1.54) is 0 Å². The minimum Gasteiger partial charge on any atom is -0.192 e. The Morgan fingerprint density at radius 3 is 2.79 bits per heavy atom. The first-order chi connectivity index (χ1) is 6.74. The first-order valence-corrected chi connectivity index (χ1v) is 5.65. The molecule has 1 aromatic carbocycles. The molecule has 0 amide bonds. The third kappa shape index (κ3) is 1.59. The Hall–Kier alpha value is -0.750. The van der Waals surface area contributed by atoms with Crippen molar-refractivity contribution >= 4 is 44.6 Å². The molecule has 0 aliphatic rings. The van der Waals surface area contributed by atoms with E-state index in [1.807, 2.05) is 12.1 Å². The summed E-state index contributed by atoms with van der Waals surface area (Å²) in [6.07, 6.45) is 0. The van der Waals surface area contributed by atoms with E-state index in [2.05, 4.69) is 6.07 Å². The lowest BCUT2D eigenvalue weighted by Crippen LogP contribution is -1.74. The van der Waals surface area contributed by atoms with E-state index >= 15 is 0 Å². The van der Waals surface area contributed by atoms with Gasteiger partial charge in [0.05, 0.1) is 16.5 Å². The molecular weight excluding hydrogens is 237 g/mol. The van der Waals surface area contributed by atoms with Crippen LogP contribution in [0.5, 0.6) is 0 Å². The zero-order valence-electron chi connectivity index (χ0n) is 7.05. The molecule has 0 unspecified atom stereocenters. The van der Waals surface area contributed by atoms with E-state index in [0.717, 1.165) is 15.0 Å². The Balaban J connectivity index is 2.71. The van der Waals surface area contributed by atoms with Gasteiger partial charge in [0, 0.05) is 9.58 Å². The number of halogens is 2. The fourth-order valence-electron chi connectivity index (χ4n) is 1.27. The van der Waals surface area contributed by atoms with E-state index in [4.69, 9.17) is 28.5 Å². The molecule has 0 radical (unpaired) electrons. The normalized spacial score (nSPS) is 10.4. The summed E-state index contributed by atoms with van der Waals surface area (Å²) in [5.74, 6) is 0.499. The Kier molecular flexibility index (Phi) is 2.64. The lowest BCUT2D eigenvalue weighted by molar-refractivity contribution is 1.50. The Morgan fingerprint density at radius 1 is 1.36 bits per heavy atom. The third-order valence-corrected chi connectivity index (χ3v) is 3.77. The van der Waals surface area contributed by atoms with Crippen LogP contribution in [0.25, 0.3) is 10.1 Å². The molecule has 0 aliphatic carbocycles. The average Bonchev–Trinajstić information content (AvgIpc) is 2.58. The van der Waals surface area contributed by atoms with Crippen molar-refractivity contribution in [3.05, 3.63) is 33.7 Å². The van der Waals surface area contributed by atoms with Gasteiger partial charge in [0.25, 0.3) is 0 Å². The van der Waals surface area contributed by atoms with Crippen LogP contribution in [0.3, 0.4) is 0 Å². The van der Waals surface area contributed by atoms with Crippen LogP contribution in [0.1, 0.15) is 10.4 Å². The number of fused-ring (bicyclic) bond motifs is 1. The van der Waals surface area contributed by atoms with Gasteiger partial charge >= 0.3 is 0 Å². The fourth-order valence-corrected chi connectivity index (χ4v) is 2.72. The van der Waals surface area contributed by atoms with Crippen molar-refractivity contribution < 1.29 is 0 Å². The van der Waals surface area contributed by atoms with Crippen LogP contribution < -0.4 is 0 Å². The summed E-state index contributed by atoms with van der Waals surface area (Å²) >= 11 is 13.2. The molecule has 70 valence electrons. The monoisotopic (exact) mass is 241 g/mol. The first kappa shape index (κ1) is 9.79. The molecule has 4 heteroatoms. The highest BCUT2D eigenvalue weighted by atomic mass is 35.5. The van der Waals surface area contributed by atoms with Gasteiger partial charge in [-0.2, -0.15) is 5.26 Å². The molecular formula is C10H5Cl2NS. The fraction of sp³-hybridized carbons (Fsp3) is 0.100. The predicted molar refractivity (Wildman–Crippen MR) is 61.1 cm³/mol. The number of nitrogens with zero attached hydrogens (tertiary/aromatic N) is 1. The van der Waals surface area contributed by atoms with Crippen LogP contribution in [0.15, 0.2) is 18.2 Å². The maximum atomic E-state index is 8.78. The number of thiophene rings is 1. The number of alkyl halides is 1. The van der Waals surface area contributed by atoms with Crippen LogP contribution in [0.2, 0.25) is 5.02 Å². The maximum Gasteiger partial charge on any atom is 0.101 e. The Morgan fingerprint density at radius 2 is 2.14 bits per heavy atom. The molecule has 0 aliphatic heterocycles. The van der Waals surface area contributed by atoms with Crippen LogP contribution in [-0.2, 0) is 5.88 Å². The summed E-state index contributed by atoms with van der Waals surface area (Å²) in [5, 5.41) is 10.3. The van der Waals surface area contributed by atoms with E-state index in [-0.39, 0.29) is 0 Å². The lowest BCUT2D eigenvalue weighted by Gasteiger charge is -1.93. The van der Waals surface area contributed by atoms with Crippen LogP contribution in [0.4, 0.5) is 0 Å². The van der Waals surface area contributed by atoms with E-state index in [9.17, 15) is 0 Å². The van der Waals surface area contributed by atoms with E-state index < -0.39 is 0 Å². The van der Waals surface area contributed by atoms with Crippen molar-refractivity contribution in [1.82, 2.24) is 0 Å². The molecule has 0 saturated heterocycles. The smallest absolute Gasteiger partial charge is 0.101 e. The van der Waals surface area contributed by atoms with Gasteiger partial charge in [-0.1, -0.05) is 11.6 Å². The number of hydrogen-bond donors (Lipinski definition) is 0. The van der Waals surface area contributed by atoms with Crippen molar-refractivity contribution in [2.75, 3.05) is 0 Å². The summed E-state index contributed by atoms with van der Waals surface area (Å²) in [7, 11) is 0. The second-order valence-corrected chi connectivity index (χ2v) is 4.67. The third-order valence-electron chi connectivity index (χ3n) is 1.91. The van der Waals surface area contributed by atoms with Crippen molar-refractivity contribution in [2.24, 2.45) is 0 Å². The second-order valence-electron chi connectivity index (χ2n) is 2.83. The van der Waals surface area contributed by atoms with Gasteiger partial charge in [0.15, 0.2) is 0 Å². The van der Waals surface area contributed by atoms with Crippen molar-refractivity contribution in [2.45, 2.75) is 5.88 Å². The van der Waals surface area contributed by atoms with Gasteiger partial charge in [0.1, 0.15) is 6.07 Å². The highest BCUT2D eigenvalue weighted by Crippen LogP contribution is 2.31. The average molecular weight is 242 g/mol. The molecule has 14 heavy (non-hydrogen) atoms. The lowest BCUT2D eigenvalue weighted by atomic mass is 10.2. The minimum atomic E-state index is 0.499. The maximum absolute atomic E-state index is 8.78. The number of rotatable bonds is 1. The summed E-state index contributed by atoms with van der Waals surface area (Å²) in [6.45, 7) is 0. The van der Waals surface area contributed by atoms with Gasteiger partial charge in [-0.15, -0.1) is 22.9 Å². The molecule has 0 fully saturated rings. The van der Waals surface area contributed by atoms with Crippen LogP contribution >= 0.6 is 34.5 Å². The van der Waals surface area contributed by atoms with Gasteiger partial charge in [-0.3, -0.25) is 0 Å². The largest absolute Gasteiger partial charge is 0.192 e. The minimum absolute atomic E-state index is 0.499. The number of nitriles is 1. The zero-order chi connectivity index (χ0) is 10.1. The molecule has 0 atom stereocenters. The van der Waals surface area contributed by atoms with Crippen molar-refractivity contribution in [1.29, 1.82) is 5.26 Å². The van der Waals surface area contributed by atoms with Crippen molar-refractivity contribution in [3.8, 4) is 6.07 Å². The topological polar surface area (TPSA) is 23.8 Å². The standard InChI is InChI=1S/C10H5Cl2NS/c11-4-8-2-6-1-7(5-13)9(12)3-10(6)14-8/h1-3H,4H2. The molecule has 0 bridgehead atoms. The van der Waals surface area contributed by atoms with Gasteiger partial charge in [-0.05, 0) is 23.6 Å². The molecule has 2 aromatic rings. The van der Waals surface area contributed by atoms with Gasteiger partial charge in [0.2, 0.25) is 0 Å². The number of benzene rings is 1. The Bertz CT molecular complexity index is 525. The van der Waals surface area contributed by atoms with Gasteiger partial charge < -0.3 is 0 Å². The van der Waals surface area contributed by atoms with E-state index in [1.54, 1.807) is 17.4 Å².